The summed E-state index contributed by atoms with van der Waals surface area (Å²) in [6.45, 7) is 2.66. The van der Waals surface area contributed by atoms with Crippen molar-refractivity contribution in [1.82, 2.24) is 9.55 Å². The van der Waals surface area contributed by atoms with Gasteiger partial charge in [0.2, 0.25) is 0 Å². The fourth-order valence-electron chi connectivity index (χ4n) is 3.34. The van der Waals surface area contributed by atoms with Crippen LogP contribution in [0.25, 0.3) is 11.0 Å². The molecule has 3 aromatic carbocycles. The number of fused-ring (bicyclic) bond motifs is 1. The van der Waals surface area contributed by atoms with Crippen molar-refractivity contribution in [2.24, 2.45) is 0 Å². The van der Waals surface area contributed by atoms with Gasteiger partial charge in [-0.05, 0) is 49.4 Å². The van der Waals surface area contributed by atoms with Gasteiger partial charge >= 0.3 is 0 Å². The summed E-state index contributed by atoms with van der Waals surface area (Å²) in [5, 5.41) is 0.684. The molecule has 4 aromatic rings. The molecule has 4 nitrogen and oxygen atoms in total. The van der Waals surface area contributed by atoms with Crippen molar-refractivity contribution >= 4 is 22.6 Å². The van der Waals surface area contributed by atoms with Crippen LogP contribution in [0, 0.1) is 0 Å². The zero-order valence-corrected chi connectivity index (χ0v) is 16.6. The SMILES string of the molecule is COc1ccccc1Cn1c(C(C)Oc2ccc(Cl)cc2)nc2ccccc21. The molecule has 0 amide bonds. The van der Waals surface area contributed by atoms with E-state index in [4.69, 9.17) is 26.1 Å². The molecule has 1 atom stereocenters. The molecule has 0 N–H and O–H groups in total. The molecule has 1 heterocycles. The van der Waals surface area contributed by atoms with E-state index in [9.17, 15) is 0 Å². The van der Waals surface area contributed by atoms with Gasteiger partial charge in [0.1, 0.15) is 11.5 Å². The Balaban J connectivity index is 1.73. The first-order chi connectivity index (χ1) is 13.7. The van der Waals surface area contributed by atoms with Crippen LogP contribution in [0.2, 0.25) is 5.02 Å². The lowest BCUT2D eigenvalue weighted by Crippen LogP contribution is -2.13. The molecular weight excluding hydrogens is 372 g/mol. The monoisotopic (exact) mass is 392 g/mol. The summed E-state index contributed by atoms with van der Waals surface area (Å²) < 4.78 is 13.9. The lowest BCUT2D eigenvalue weighted by Gasteiger charge is -2.18. The molecule has 28 heavy (non-hydrogen) atoms. The van der Waals surface area contributed by atoms with Crippen LogP contribution in [0.5, 0.6) is 11.5 Å². The van der Waals surface area contributed by atoms with Crippen molar-refractivity contribution in [3.8, 4) is 11.5 Å². The minimum atomic E-state index is -0.233. The van der Waals surface area contributed by atoms with Crippen molar-refractivity contribution in [2.75, 3.05) is 7.11 Å². The van der Waals surface area contributed by atoms with Gasteiger partial charge in [0.05, 0.1) is 24.7 Å². The summed E-state index contributed by atoms with van der Waals surface area (Å²) in [6.07, 6.45) is -0.233. The fourth-order valence-corrected chi connectivity index (χ4v) is 3.47. The smallest absolute Gasteiger partial charge is 0.153 e. The van der Waals surface area contributed by atoms with E-state index in [2.05, 4.69) is 16.7 Å². The van der Waals surface area contributed by atoms with Crippen molar-refractivity contribution in [3.63, 3.8) is 0 Å². The number of rotatable bonds is 6. The van der Waals surface area contributed by atoms with E-state index in [1.54, 1.807) is 7.11 Å². The van der Waals surface area contributed by atoms with Crippen molar-refractivity contribution in [3.05, 3.63) is 89.2 Å². The van der Waals surface area contributed by atoms with Gasteiger partial charge in [0.25, 0.3) is 0 Å². The first-order valence-corrected chi connectivity index (χ1v) is 9.53. The number of benzene rings is 3. The number of hydrogen-bond donors (Lipinski definition) is 0. The van der Waals surface area contributed by atoms with Gasteiger partial charge in [-0.25, -0.2) is 4.98 Å². The van der Waals surface area contributed by atoms with E-state index < -0.39 is 0 Å². The Hall–Kier alpha value is -2.98. The van der Waals surface area contributed by atoms with Crippen LogP contribution in [0.15, 0.2) is 72.8 Å². The Morgan fingerprint density at radius 1 is 0.964 bits per heavy atom. The van der Waals surface area contributed by atoms with Crippen LogP contribution in [-0.4, -0.2) is 16.7 Å². The summed E-state index contributed by atoms with van der Waals surface area (Å²) in [4.78, 5) is 4.85. The summed E-state index contributed by atoms with van der Waals surface area (Å²) in [6, 6.07) is 23.5. The number of imidazole rings is 1. The third-order valence-electron chi connectivity index (χ3n) is 4.70. The molecule has 0 spiro atoms. The third-order valence-corrected chi connectivity index (χ3v) is 4.95. The molecular formula is C23H21ClN2O2. The first-order valence-electron chi connectivity index (χ1n) is 9.15. The highest BCUT2D eigenvalue weighted by Crippen LogP contribution is 2.28. The third kappa shape index (κ3) is 3.69. The summed E-state index contributed by atoms with van der Waals surface area (Å²) in [5.74, 6) is 2.48. The standard InChI is InChI=1S/C23H21ClN2O2/c1-16(28-19-13-11-18(24)12-14-19)23-25-20-8-4-5-9-21(20)26(23)15-17-7-3-6-10-22(17)27-2/h3-14,16H,15H2,1-2H3. The van der Waals surface area contributed by atoms with Crippen LogP contribution >= 0.6 is 11.6 Å². The van der Waals surface area contributed by atoms with E-state index >= 15 is 0 Å². The minimum Gasteiger partial charge on any atom is -0.496 e. The largest absolute Gasteiger partial charge is 0.496 e. The van der Waals surface area contributed by atoms with Gasteiger partial charge in [0.15, 0.2) is 11.9 Å². The highest BCUT2D eigenvalue weighted by molar-refractivity contribution is 6.30. The molecule has 1 aromatic heterocycles. The average Bonchev–Trinajstić information content (AvgIpc) is 3.09. The van der Waals surface area contributed by atoms with Crippen LogP contribution < -0.4 is 9.47 Å². The summed E-state index contributed by atoms with van der Waals surface area (Å²) >= 11 is 5.98. The van der Waals surface area contributed by atoms with Gasteiger partial charge < -0.3 is 14.0 Å². The molecule has 0 fully saturated rings. The molecule has 142 valence electrons. The Morgan fingerprint density at radius 3 is 2.46 bits per heavy atom. The van der Waals surface area contributed by atoms with Gasteiger partial charge in [-0.2, -0.15) is 0 Å². The molecule has 0 saturated carbocycles. The Morgan fingerprint density at radius 2 is 1.68 bits per heavy atom. The maximum absolute atomic E-state index is 6.15. The zero-order chi connectivity index (χ0) is 19.5. The maximum atomic E-state index is 6.15. The maximum Gasteiger partial charge on any atom is 0.153 e. The number of methoxy groups -OCH3 is 1. The number of hydrogen-bond acceptors (Lipinski definition) is 3. The number of ether oxygens (including phenoxy) is 2. The molecule has 0 aliphatic rings. The highest BCUT2D eigenvalue weighted by atomic mass is 35.5. The van der Waals surface area contributed by atoms with Gasteiger partial charge in [-0.3, -0.25) is 0 Å². The predicted octanol–water partition coefficient (Wildman–Crippen LogP) is 5.89. The van der Waals surface area contributed by atoms with Gasteiger partial charge in [-0.15, -0.1) is 0 Å². The van der Waals surface area contributed by atoms with E-state index in [1.807, 2.05) is 67.6 Å². The highest BCUT2D eigenvalue weighted by Gasteiger charge is 2.19. The zero-order valence-electron chi connectivity index (χ0n) is 15.8. The molecule has 0 aliphatic heterocycles. The van der Waals surface area contributed by atoms with Crippen molar-refractivity contribution in [1.29, 1.82) is 0 Å². The minimum absolute atomic E-state index is 0.233. The van der Waals surface area contributed by atoms with E-state index in [1.165, 1.54) is 0 Å². The van der Waals surface area contributed by atoms with E-state index in [0.29, 0.717) is 11.6 Å². The summed E-state index contributed by atoms with van der Waals surface area (Å²) in [7, 11) is 1.69. The Labute approximate surface area is 169 Å². The second-order valence-electron chi connectivity index (χ2n) is 6.57. The van der Waals surface area contributed by atoms with E-state index in [0.717, 1.165) is 33.9 Å². The molecule has 0 bridgehead atoms. The molecule has 0 radical (unpaired) electrons. The molecule has 1 unspecified atom stereocenters. The Bertz CT molecular complexity index is 1090. The number of aromatic nitrogens is 2. The van der Waals surface area contributed by atoms with Crippen LogP contribution in [-0.2, 0) is 6.54 Å². The average molecular weight is 393 g/mol. The topological polar surface area (TPSA) is 36.3 Å². The predicted molar refractivity (Wildman–Crippen MR) is 112 cm³/mol. The molecule has 5 heteroatoms. The molecule has 4 rings (SSSR count). The van der Waals surface area contributed by atoms with Crippen LogP contribution in [0.1, 0.15) is 24.4 Å². The van der Waals surface area contributed by atoms with Gasteiger partial charge in [0, 0.05) is 10.6 Å². The molecule has 0 aliphatic carbocycles. The molecule has 0 saturated heterocycles. The van der Waals surface area contributed by atoms with Crippen molar-refractivity contribution in [2.45, 2.75) is 19.6 Å². The van der Waals surface area contributed by atoms with Crippen LogP contribution in [0.3, 0.4) is 0 Å². The second-order valence-corrected chi connectivity index (χ2v) is 7.01. The second kappa shape index (κ2) is 7.95. The normalized spacial score (nSPS) is 12.1. The summed E-state index contributed by atoms with van der Waals surface area (Å²) in [5.41, 5.74) is 3.10. The van der Waals surface area contributed by atoms with E-state index in [-0.39, 0.29) is 6.10 Å². The lowest BCUT2D eigenvalue weighted by molar-refractivity contribution is 0.212. The van der Waals surface area contributed by atoms with Crippen LogP contribution in [0.4, 0.5) is 0 Å². The van der Waals surface area contributed by atoms with Gasteiger partial charge in [-0.1, -0.05) is 41.9 Å². The lowest BCUT2D eigenvalue weighted by atomic mass is 10.2. The quantitative estimate of drug-likeness (QED) is 0.410. The number of nitrogens with zero attached hydrogens (tertiary/aromatic N) is 2. The number of para-hydroxylation sites is 3. The Kier molecular flexibility index (Phi) is 5.22. The number of halogens is 1. The fraction of sp³-hybridized carbons (Fsp3) is 0.174. The first kappa shape index (κ1) is 18.4. The van der Waals surface area contributed by atoms with Crippen molar-refractivity contribution < 1.29 is 9.47 Å².